The van der Waals surface area contributed by atoms with Crippen LogP contribution < -0.4 is 11.5 Å². The Balaban J connectivity index is 0. The van der Waals surface area contributed by atoms with Gasteiger partial charge in [0, 0.05) is 5.57 Å². The van der Waals surface area contributed by atoms with E-state index < -0.39 is 21.4 Å². The maximum atomic E-state index is 10.2. The second-order valence-electron chi connectivity index (χ2n) is 3.37. The van der Waals surface area contributed by atoms with Crippen LogP contribution in [-0.2, 0) is 14.9 Å². The molecule has 1 atom stereocenters. The number of nitrogens with two attached hydrogens (primary N) is 2. The van der Waals surface area contributed by atoms with E-state index in [1.807, 2.05) is 0 Å². The quantitative estimate of drug-likeness (QED) is 0.466. The summed E-state index contributed by atoms with van der Waals surface area (Å²) in [6, 6.07) is 0. The van der Waals surface area contributed by atoms with Gasteiger partial charge in [-0.05, 0) is 12.8 Å². The first-order valence-electron chi connectivity index (χ1n) is 4.17. The van der Waals surface area contributed by atoms with Gasteiger partial charge in [0.25, 0.3) is 10.1 Å². The van der Waals surface area contributed by atoms with Gasteiger partial charge < -0.3 is 11.5 Å². The van der Waals surface area contributed by atoms with E-state index in [-0.39, 0.29) is 5.92 Å². The fraction of sp³-hybridized carbons (Fsp3) is 0.625. The Morgan fingerprint density at radius 1 is 1.40 bits per heavy atom. The minimum absolute atomic E-state index is 0.250. The predicted octanol–water partition coefficient (Wildman–Crippen LogP) is -0.137. The van der Waals surface area contributed by atoms with Gasteiger partial charge in [0.1, 0.15) is 5.37 Å². The first-order valence-corrected chi connectivity index (χ1v) is 5.67. The molecule has 0 heterocycles. The number of hydrogen-bond donors (Lipinski definition) is 3. The van der Waals surface area contributed by atoms with E-state index in [2.05, 4.69) is 6.58 Å². The van der Waals surface area contributed by atoms with E-state index in [0.717, 1.165) is 0 Å². The summed E-state index contributed by atoms with van der Waals surface area (Å²) in [7, 11) is -4.02. The van der Waals surface area contributed by atoms with E-state index in [0.29, 0.717) is 5.57 Å². The molecule has 15 heavy (non-hydrogen) atoms. The Labute approximate surface area is 90.1 Å². The van der Waals surface area contributed by atoms with Crippen LogP contribution in [0.4, 0.5) is 0 Å². The fourth-order valence-corrected chi connectivity index (χ4v) is 1.03. The van der Waals surface area contributed by atoms with E-state index >= 15 is 0 Å². The molecule has 0 radical (unpaired) electrons. The first kappa shape index (κ1) is 16.5. The summed E-state index contributed by atoms with van der Waals surface area (Å²) in [6.45, 7) is 8.10. The SMILES string of the molecule is C=C(C)C(N)=O.CC(C)C(N)S(=O)(=O)O. The molecule has 0 aromatic heterocycles. The molecule has 0 aromatic carbocycles. The van der Waals surface area contributed by atoms with Crippen molar-refractivity contribution in [1.82, 2.24) is 0 Å². The molecule has 1 amide bonds. The zero-order valence-corrected chi connectivity index (χ0v) is 9.91. The number of rotatable bonds is 3. The van der Waals surface area contributed by atoms with Gasteiger partial charge in [-0.1, -0.05) is 20.4 Å². The summed E-state index contributed by atoms with van der Waals surface area (Å²) >= 11 is 0. The van der Waals surface area contributed by atoms with Gasteiger partial charge in [-0.25, -0.2) is 0 Å². The lowest BCUT2D eigenvalue weighted by Gasteiger charge is -2.10. The van der Waals surface area contributed by atoms with Crippen molar-refractivity contribution in [3.63, 3.8) is 0 Å². The van der Waals surface area contributed by atoms with Crippen LogP contribution in [0.15, 0.2) is 12.2 Å². The molecule has 0 fully saturated rings. The van der Waals surface area contributed by atoms with Gasteiger partial charge in [-0.3, -0.25) is 9.35 Å². The van der Waals surface area contributed by atoms with Crippen molar-refractivity contribution in [1.29, 1.82) is 0 Å². The minimum Gasteiger partial charge on any atom is -0.366 e. The molecule has 5 N–H and O–H groups in total. The predicted molar refractivity (Wildman–Crippen MR) is 58.4 cm³/mol. The molecule has 7 heteroatoms. The summed E-state index contributed by atoms with van der Waals surface area (Å²) in [5.41, 5.74) is 10.2. The van der Waals surface area contributed by atoms with Crippen molar-refractivity contribution in [2.75, 3.05) is 0 Å². The second kappa shape index (κ2) is 6.54. The van der Waals surface area contributed by atoms with Crippen LogP contribution in [0.5, 0.6) is 0 Å². The maximum absolute atomic E-state index is 10.2. The number of carbonyl (C=O) groups is 1. The highest BCUT2D eigenvalue weighted by Crippen LogP contribution is 2.03. The largest absolute Gasteiger partial charge is 0.366 e. The smallest absolute Gasteiger partial charge is 0.281 e. The Bertz CT molecular complexity index is 310. The number of primary amides is 1. The minimum atomic E-state index is -4.02. The van der Waals surface area contributed by atoms with Crippen LogP contribution in [0.25, 0.3) is 0 Å². The molecule has 0 saturated heterocycles. The summed E-state index contributed by atoms with van der Waals surface area (Å²) in [4.78, 5) is 9.82. The van der Waals surface area contributed by atoms with Crippen molar-refractivity contribution < 1.29 is 17.8 Å². The molecule has 0 saturated carbocycles. The highest BCUT2D eigenvalue weighted by atomic mass is 32.2. The lowest BCUT2D eigenvalue weighted by molar-refractivity contribution is -0.114. The van der Waals surface area contributed by atoms with Crippen molar-refractivity contribution in [3.8, 4) is 0 Å². The van der Waals surface area contributed by atoms with Gasteiger partial charge in [0.15, 0.2) is 0 Å². The Morgan fingerprint density at radius 3 is 1.67 bits per heavy atom. The van der Waals surface area contributed by atoms with Gasteiger partial charge in [0.05, 0.1) is 0 Å². The number of hydrogen-bond acceptors (Lipinski definition) is 4. The molecule has 0 spiro atoms. The molecule has 0 rings (SSSR count). The molecule has 6 nitrogen and oxygen atoms in total. The van der Waals surface area contributed by atoms with Crippen molar-refractivity contribution >= 4 is 16.0 Å². The molecule has 0 aliphatic carbocycles. The zero-order chi connectivity index (χ0) is 12.8. The third-order valence-corrected chi connectivity index (χ3v) is 2.65. The lowest BCUT2D eigenvalue weighted by atomic mass is 10.2. The summed E-state index contributed by atoms with van der Waals surface area (Å²) < 4.78 is 28.7. The molecular formula is C8H18N2O4S. The van der Waals surface area contributed by atoms with Crippen LogP contribution in [0.3, 0.4) is 0 Å². The maximum Gasteiger partial charge on any atom is 0.281 e. The Hall–Kier alpha value is -0.920. The number of amides is 1. The zero-order valence-electron chi connectivity index (χ0n) is 9.10. The van der Waals surface area contributed by atoms with Gasteiger partial charge in [-0.2, -0.15) is 8.42 Å². The van der Waals surface area contributed by atoms with Crippen molar-refractivity contribution in [3.05, 3.63) is 12.2 Å². The highest BCUT2D eigenvalue weighted by molar-refractivity contribution is 7.86. The van der Waals surface area contributed by atoms with Crippen LogP contribution in [0.2, 0.25) is 0 Å². The van der Waals surface area contributed by atoms with Gasteiger partial charge in [-0.15, -0.1) is 0 Å². The average molecular weight is 238 g/mol. The molecule has 1 unspecified atom stereocenters. The number of carbonyl (C=O) groups excluding carboxylic acids is 1. The topological polar surface area (TPSA) is 123 Å². The van der Waals surface area contributed by atoms with E-state index in [1.54, 1.807) is 20.8 Å². The van der Waals surface area contributed by atoms with E-state index in [9.17, 15) is 13.2 Å². The lowest BCUT2D eigenvalue weighted by Crippen LogP contribution is -2.34. The first-order chi connectivity index (χ1) is 6.50. The highest BCUT2D eigenvalue weighted by Gasteiger charge is 2.20. The van der Waals surface area contributed by atoms with Crippen molar-refractivity contribution in [2.24, 2.45) is 17.4 Å². The van der Waals surface area contributed by atoms with Crippen molar-refractivity contribution in [2.45, 2.75) is 26.1 Å². The summed E-state index contributed by atoms with van der Waals surface area (Å²) in [5.74, 6) is -0.685. The molecular weight excluding hydrogens is 220 g/mol. The summed E-state index contributed by atoms with van der Waals surface area (Å²) in [6.07, 6.45) is 0. The molecule has 90 valence electrons. The third-order valence-electron chi connectivity index (χ3n) is 1.42. The molecule has 0 aliphatic rings. The van der Waals surface area contributed by atoms with E-state index in [1.165, 1.54) is 0 Å². The van der Waals surface area contributed by atoms with E-state index in [4.69, 9.17) is 16.0 Å². The van der Waals surface area contributed by atoms with Crippen LogP contribution >= 0.6 is 0 Å². The fourth-order valence-electron chi connectivity index (χ4n) is 0.344. The van der Waals surface area contributed by atoms with Crippen LogP contribution in [-0.4, -0.2) is 24.3 Å². The third kappa shape index (κ3) is 9.39. The summed E-state index contributed by atoms with van der Waals surface area (Å²) in [5, 5.41) is -1.16. The molecule has 0 bridgehead atoms. The Kier molecular flexibility index (Phi) is 7.20. The molecule has 0 aromatic rings. The molecule has 0 aliphatic heterocycles. The van der Waals surface area contributed by atoms with Gasteiger partial charge >= 0.3 is 0 Å². The standard InChI is InChI=1S/C4H11NO3S.C4H7NO/c1-3(2)4(5)9(6,7)8;1-3(2)4(5)6/h3-4H,5H2,1-2H3,(H,6,7,8);1H2,2H3,(H2,5,6). The normalized spacial score (nSPS) is 12.7. The Morgan fingerprint density at radius 2 is 1.67 bits per heavy atom. The van der Waals surface area contributed by atoms with Gasteiger partial charge in [0.2, 0.25) is 5.91 Å². The monoisotopic (exact) mass is 238 g/mol. The average Bonchev–Trinajstić information content (AvgIpc) is 2.02. The van der Waals surface area contributed by atoms with Crippen LogP contribution in [0, 0.1) is 5.92 Å². The second-order valence-corrected chi connectivity index (χ2v) is 4.94. The van der Waals surface area contributed by atoms with Crippen LogP contribution in [0.1, 0.15) is 20.8 Å².